The molecule has 1 N–H and O–H groups in total. The zero-order valence-electron chi connectivity index (χ0n) is 15.2. The number of fused-ring (bicyclic) bond motifs is 1. The second-order valence-electron chi connectivity index (χ2n) is 8.02. The fourth-order valence-electron chi connectivity index (χ4n) is 3.66. The molecule has 4 heteroatoms. The SMILES string of the molecule is CC(C)(C)OC(=O)N1CCc2ccc(C3CCNCC3)cc2CC1. The van der Waals surface area contributed by atoms with Gasteiger partial charge in [0.1, 0.15) is 5.60 Å². The maximum absolute atomic E-state index is 12.3. The van der Waals surface area contributed by atoms with Gasteiger partial charge in [0.15, 0.2) is 0 Å². The lowest BCUT2D eigenvalue weighted by molar-refractivity contribution is 0.0258. The van der Waals surface area contributed by atoms with Crippen LogP contribution in [0.1, 0.15) is 56.2 Å². The number of carbonyl (C=O) groups is 1. The van der Waals surface area contributed by atoms with Crippen molar-refractivity contribution >= 4 is 6.09 Å². The second kappa shape index (κ2) is 7.14. The Labute approximate surface area is 145 Å². The molecule has 0 aromatic heterocycles. The first kappa shape index (κ1) is 17.3. The van der Waals surface area contributed by atoms with Crippen molar-refractivity contribution in [2.75, 3.05) is 26.2 Å². The Morgan fingerprint density at radius 3 is 2.46 bits per heavy atom. The van der Waals surface area contributed by atoms with Gasteiger partial charge in [-0.15, -0.1) is 0 Å². The number of rotatable bonds is 1. The Bertz CT molecular complexity index is 586. The molecule has 2 aliphatic heterocycles. The fourth-order valence-corrected chi connectivity index (χ4v) is 3.66. The molecule has 24 heavy (non-hydrogen) atoms. The molecule has 1 aromatic rings. The van der Waals surface area contributed by atoms with E-state index in [9.17, 15) is 4.79 Å². The molecular formula is C20H30N2O2. The van der Waals surface area contributed by atoms with Gasteiger partial charge in [0.05, 0.1) is 0 Å². The largest absolute Gasteiger partial charge is 0.444 e. The quantitative estimate of drug-likeness (QED) is 0.857. The molecule has 0 atom stereocenters. The van der Waals surface area contributed by atoms with E-state index in [1.54, 1.807) is 0 Å². The maximum atomic E-state index is 12.3. The van der Waals surface area contributed by atoms with Gasteiger partial charge in [0.25, 0.3) is 0 Å². The van der Waals surface area contributed by atoms with Crippen molar-refractivity contribution < 1.29 is 9.53 Å². The van der Waals surface area contributed by atoms with Gasteiger partial charge in [0.2, 0.25) is 0 Å². The van der Waals surface area contributed by atoms with Crippen molar-refractivity contribution in [2.45, 2.75) is 58.0 Å². The molecule has 0 unspecified atom stereocenters. The average molecular weight is 330 g/mol. The van der Waals surface area contributed by atoms with Crippen LogP contribution in [-0.2, 0) is 17.6 Å². The third-order valence-electron chi connectivity index (χ3n) is 4.99. The van der Waals surface area contributed by atoms with Crippen LogP contribution in [0.15, 0.2) is 18.2 Å². The zero-order chi connectivity index (χ0) is 17.2. The highest BCUT2D eigenvalue weighted by Gasteiger charge is 2.24. The summed E-state index contributed by atoms with van der Waals surface area (Å²) in [6.07, 6.45) is 4.11. The molecule has 1 amide bonds. The average Bonchev–Trinajstić information content (AvgIpc) is 2.76. The number of piperidine rings is 1. The van der Waals surface area contributed by atoms with Crippen molar-refractivity contribution in [3.63, 3.8) is 0 Å². The number of nitrogens with one attached hydrogen (secondary N) is 1. The van der Waals surface area contributed by atoms with Gasteiger partial charge in [-0.05, 0) is 82.2 Å². The van der Waals surface area contributed by atoms with Crippen LogP contribution in [0.5, 0.6) is 0 Å². The van der Waals surface area contributed by atoms with E-state index in [-0.39, 0.29) is 6.09 Å². The van der Waals surface area contributed by atoms with Crippen molar-refractivity contribution in [3.05, 3.63) is 34.9 Å². The van der Waals surface area contributed by atoms with Crippen molar-refractivity contribution in [2.24, 2.45) is 0 Å². The van der Waals surface area contributed by atoms with Crippen LogP contribution in [0.2, 0.25) is 0 Å². The fraction of sp³-hybridized carbons (Fsp3) is 0.650. The number of amides is 1. The lowest BCUT2D eigenvalue weighted by atomic mass is 9.87. The lowest BCUT2D eigenvalue weighted by Gasteiger charge is -2.26. The summed E-state index contributed by atoms with van der Waals surface area (Å²) >= 11 is 0. The van der Waals surface area contributed by atoms with E-state index in [4.69, 9.17) is 4.74 Å². The Hall–Kier alpha value is -1.55. The third kappa shape index (κ3) is 4.29. The van der Waals surface area contributed by atoms with Crippen LogP contribution in [0.25, 0.3) is 0 Å². The molecule has 132 valence electrons. The van der Waals surface area contributed by atoms with Crippen LogP contribution in [-0.4, -0.2) is 42.8 Å². The smallest absolute Gasteiger partial charge is 0.410 e. The molecule has 0 aliphatic carbocycles. The highest BCUT2D eigenvalue weighted by Crippen LogP contribution is 2.28. The van der Waals surface area contributed by atoms with E-state index in [2.05, 4.69) is 23.5 Å². The van der Waals surface area contributed by atoms with Gasteiger partial charge < -0.3 is 15.0 Å². The van der Waals surface area contributed by atoms with Gasteiger partial charge in [-0.1, -0.05) is 18.2 Å². The van der Waals surface area contributed by atoms with Crippen molar-refractivity contribution in [3.8, 4) is 0 Å². The van der Waals surface area contributed by atoms with Crippen LogP contribution in [0.3, 0.4) is 0 Å². The predicted octanol–water partition coefficient (Wildman–Crippen LogP) is 3.49. The van der Waals surface area contributed by atoms with Crippen molar-refractivity contribution in [1.29, 1.82) is 0 Å². The Balaban J connectivity index is 1.68. The highest BCUT2D eigenvalue weighted by atomic mass is 16.6. The molecule has 0 spiro atoms. The molecule has 1 aromatic carbocycles. The highest BCUT2D eigenvalue weighted by molar-refractivity contribution is 5.68. The Kier molecular flexibility index (Phi) is 5.14. The van der Waals surface area contributed by atoms with Crippen molar-refractivity contribution in [1.82, 2.24) is 10.2 Å². The zero-order valence-corrected chi connectivity index (χ0v) is 15.2. The molecular weight excluding hydrogens is 300 g/mol. The van der Waals surface area contributed by atoms with Crippen LogP contribution >= 0.6 is 0 Å². The predicted molar refractivity (Wildman–Crippen MR) is 96.5 cm³/mol. The molecule has 3 rings (SSSR count). The number of benzene rings is 1. The van der Waals surface area contributed by atoms with E-state index < -0.39 is 5.60 Å². The molecule has 1 fully saturated rings. The summed E-state index contributed by atoms with van der Waals surface area (Å²) in [6.45, 7) is 9.49. The topological polar surface area (TPSA) is 41.6 Å². The maximum Gasteiger partial charge on any atom is 0.410 e. The second-order valence-corrected chi connectivity index (χ2v) is 8.02. The minimum Gasteiger partial charge on any atom is -0.444 e. The molecule has 4 nitrogen and oxygen atoms in total. The summed E-state index contributed by atoms with van der Waals surface area (Å²) in [6, 6.07) is 6.98. The van der Waals surface area contributed by atoms with E-state index in [1.165, 1.54) is 29.5 Å². The number of ether oxygens (including phenoxy) is 1. The molecule has 0 saturated carbocycles. The van der Waals surface area contributed by atoms with E-state index in [0.29, 0.717) is 5.92 Å². The van der Waals surface area contributed by atoms with Gasteiger partial charge in [-0.2, -0.15) is 0 Å². The summed E-state index contributed by atoms with van der Waals surface area (Å²) < 4.78 is 5.53. The monoisotopic (exact) mass is 330 g/mol. The van der Waals surface area contributed by atoms with E-state index >= 15 is 0 Å². The first-order valence-corrected chi connectivity index (χ1v) is 9.23. The van der Waals surface area contributed by atoms with Gasteiger partial charge in [-0.3, -0.25) is 0 Å². The number of carbonyl (C=O) groups excluding carboxylic acids is 1. The molecule has 1 saturated heterocycles. The summed E-state index contributed by atoms with van der Waals surface area (Å²) in [7, 11) is 0. The standard InChI is InChI=1S/C20H30N2O2/c1-20(2,3)24-19(23)22-12-8-15-4-5-17(14-18(15)9-13-22)16-6-10-21-11-7-16/h4-5,14,16,21H,6-13H2,1-3H3. The lowest BCUT2D eigenvalue weighted by Crippen LogP contribution is -2.38. The molecule has 0 radical (unpaired) electrons. The van der Waals surface area contributed by atoms with Gasteiger partial charge >= 0.3 is 6.09 Å². The first-order valence-electron chi connectivity index (χ1n) is 9.23. The van der Waals surface area contributed by atoms with Gasteiger partial charge in [0, 0.05) is 13.1 Å². The summed E-state index contributed by atoms with van der Waals surface area (Å²) in [5.41, 5.74) is 3.84. The van der Waals surface area contributed by atoms with Crippen LogP contribution in [0, 0.1) is 0 Å². The minimum atomic E-state index is -0.432. The van der Waals surface area contributed by atoms with Crippen LogP contribution in [0.4, 0.5) is 4.79 Å². The summed E-state index contributed by atoms with van der Waals surface area (Å²) in [5.74, 6) is 0.682. The first-order chi connectivity index (χ1) is 11.4. The minimum absolute atomic E-state index is 0.186. The number of hydrogen-bond acceptors (Lipinski definition) is 3. The normalized spacial score (nSPS) is 19.5. The van der Waals surface area contributed by atoms with Gasteiger partial charge in [-0.25, -0.2) is 4.79 Å². The Morgan fingerprint density at radius 1 is 1.12 bits per heavy atom. The third-order valence-corrected chi connectivity index (χ3v) is 4.99. The number of nitrogens with zero attached hydrogens (tertiary/aromatic N) is 1. The molecule has 2 aliphatic rings. The van der Waals surface area contributed by atoms with Crippen LogP contribution < -0.4 is 5.32 Å². The summed E-state index contributed by atoms with van der Waals surface area (Å²) in [4.78, 5) is 14.2. The Morgan fingerprint density at radius 2 is 1.79 bits per heavy atom. The van der Waals surface area contributed by atoms with E-state index in [1.807, 2.05) is 25.7 Å². The number of hydrogen-bond donors (Lipinski definition) is 1. The summed E-state index contributed by atoms with van der Waals surface area (Å²) in [5, 5.41) is 3.44. The molecule has 2 heterocycles. The molecule has 0 bridgehead atoms. The van der Waals surface area contributed by atoms with E-state index in [0.717, 1.165) is 39.0 Å².